The molecule has 162 valence electrons. The number of hydrogen-bond acceptors (Lipinski definition) is 4. The van der Waals surface area contributed by atoms with Crippen molar-refractivity contribution in [2.75, 3.05) is 19.0 Å². The molecule has 4 rings (SSSR count). The monoisotopic (exact) mass is 437 g/mol. The number of rotatable bonds is 6. The number of anilines is 1. The topological polar surface area (TPSA) is 47.6 Å². The van der Waals surface area contributed by atoms with Crippen molar-refractivity contribution in [1.29, 1.82) is 0 Å². The van der Waals surface area contributed by atoms with Gasteiger partial charge in [-0.2, -0.15) is 0 Å². The highest BCUT2D eigenvalue weighted by atomic mass is 35.5. The van der Waals surface area contributed by atoms with Crippen LogP contribution in [-0.4, -0.2) is 25.2 Å². The third kappa shape index (κ3) is 3.97. The van der Waals surface area contributed by atoms with Gasteiger partial charge in [-0.3, -0.25) is 0 Å². The second-order valence-corrected chi connectivity index (χ2v) is 8.67. The van der Waals surface area contributed by atoms with E-state index in [2.05, 4.69) is 41.7 Å². The predicted molar refractivity (Wildman–Crippen MR) is 125 cm³/mol. The summed E-state index contributed by atoms with van der Waals surface area (Å²) in [4.78, 5) is 13.0. The molecule has 0 amide bonds. The highest BCUT2D eigenvalue weighted by Gasteiger charge is 2.51. The number of carbonyl (C=O) groups excluding carboxylic acids is 1. The van der Waals surface area contributed by atoms with Crippen LogP contribution < -0.4 is 5.32 Å². The lowest BCUT2D eigenvalue weighted by atomic mass is 9.62. The summed E-state index contributed by atoms with van der Waals surface area (Å²) in [6.45, 7) is 2.61. The zero-order chi connectivity index (χ0) is 21.9. The van der Waals surface area contributed by atoms with E-state index >= 15 is 0 Å². The number of esters is 1. The third-order valence-electron chi connectivity index (χ3n) is 6.59. The summed E-state index contributed by atoms with van der Waals surface area (Å²) >= 11 is 6.17. The second kappa shape index (κ2) is 8.80. The molecule has 5 heteroatoms. The summed E-state index contributed by atoms with van der Waals surface area (Å²) in [7, 11) is 1.45. The van der Waals surface area contributed by atoms with Crippen LogP contribution in [0.3, 0.4) is 0 Å². The highest BCUT2D eigenvalue weighted by molar-refractivity contribution is 6.30. The fourth-order valence-corrected chi connectivity index (χ4v) is 5.22. The Morgan fingerprint density at radius 2 is 1.90 bits per heavy atom. The lowest BCUT2D eigenvalue weighted by molar-refractivity contribution is -0.147. The predicted octanol–water partition coefficient (Wildman–Crippen LogP) is 6.12. The number of carbonyl (C=O) groups is 1. The molecule has 2 aliphatic rings. The largest absolute Gasteiger partial charge is 0.501 e. The van der Waals surface area contributed by atoms with Crippen LogP contribution in [0.5, 0.6) is 0 Å². The molecule has 2 aromatic carbocycles. The van der Waals surface area contributed by atoms with E-state index in [-0.39, 0.29) is 11.4 Å². The van der Waals surface area contributed by atoms with Gasteiger partial charge in [-0.25, -0.2) is 4.79 Å². The Balaban J connectivity index is 1.66. The van der Waals surface area contributed by atoms with Crippen LogP contribution in [0.25, 0.3) is 6.08 Å². The average molecular weight is 438 g/mol. The number of methoxy groups -OCH3 is 1. The second-order valence-electron chi connectivity index (χ2n) is 8.24. The fourth-order valence-electron chi connectivity index (χ4n) is 5.02. The lowest BCUT2D eigenvalue weighted by Crippen LogP contribution is -2.52. The van der Waals surface area contributed by atoms with Crippen molar-refractivity contribution < 1.29 is 14.3 Å². The van der Waals surface area contributed by atoms with Crippen LogP contribution in [0.2, 0.25) is 5.02 Å². The molecule has 0 atom stereocenters. The lowest BCUT2D eigenvalue weighted by Gasteiger charge is -2.45. The number of fused-ring (bicyclic) bond motifs is 2. The zero-order valence-electron chi connectivity index (χ0n) is 18.0. The van der Waals surface area contributed by atoms with E-state index in [4.69, 9.17) is 21.1 Å². The summed E-state index contributed by atoms with van der Waals surface area (Å²) in [6, 6.07) is 16.0. The summed E-state index contributed by atoms with van der Waals surface area (Å²) in [5, 5.41) is 4.09. The Morgan fingerprint density at radius 3 is 2.61 bits per heavy atom. The van der Waals surface area contributed by atoms with Crippen LogP contribution in [0.1, 0.15) is 43.7 Å². The summed E-state index contributed by atoms with van der Waals surface area (Å²) in [6.07, 6.45) is 9.08. The first-order valence-corrected chi connectivity index (χ1v) is 11.1. The third-order valence-corrected chi connectivity index (χ3v) is 6.83. The summed E-state index contributed by atoms with van der Waals surface area (Å²) < 4.78 is 10.7. The number of ether oxygens (including phenoxy) is 2. The number of halogens is 1. The molecule has 1 saturated carbocycles. The van der Waals surface area contributed by atoms with Crippen LogP contribution in [0, 0.1) is 0 Å². The Kier molecular flexibility index (Phi) is 6.10. The van der Waals surface area contributed by atoms with Gasteiger partial charge in [0.1, 0.15) is 5.54 Å². The van der Waals surface area contributed by atoms with E-state index in [1.54, 1.807) is 6.26 Å². The fraction of sp³-hybridized carbons (Fsp3) is 0.346. The van der Waals surface area contributed by atoms with Gasteiger partial charge < -0.3 is 14.8 Å². The van der Waals surface area contributed by atoms with Gasteiger partial charge in [0, 0.05) is 16.1 Å². The van der Waals surface area contributed by atoms with E-state index in [1.807, 2.05) is 31.2 Å². The van der Waals surface area contributed by atoms with Crippen LogP contribution in [-0.2, 0) is 19.7 Å². The molecular weight excluding hydrogens is 410 g/mol. The van der Waals surface area contributed by atoms with Gasteiger partial charge in [-0.1, -0.05) is 48.0 Å². The van der Waals surface area contributed by atoms with Gasteiger partial charge in [-0.05, 0) is 73.6 Å². The molecule has 1 spiro atoms. The normalized spacial score (nSPS) is 24.7. The average Bonchev–Trinajstić information content (AvgIpc) is 3.08. The van der Waals surface area contributed by atoms with Gasteiger partial charge in [0.2, 0.25) is 0 Å². The standard InChI is InChI=1S/C26H28ClNO3/c1-3-31-16-11-20-17-19-7-4-5-10-23(19)25(20)12-14-26(15-13-25,24(29)30-2)28-22-9-6-8-21(27)18-22/h4-11,16-18,28H,3,12-15H2,1-2H3/b16-11+. The number of hydrogen-bond donors (Lipinski definition) is 1. The molecule has 1 N–H and O–H groups in total. The first-order chi connectivity index (χ1) is 15.0. The molecule has 0 heterocycles. The summed E-state index contributed by atoms with van der Waals surface area (Å²) in [5.74, 6) is -0.232. The number of benzene rings is 2. The highest BCUT2D eigenvalue weighted by Crippen LogP contribution is 2.54. The first-order valence-electron chi connectivity index (χ1n) is 10.7. The van der Waals surface area contributed by atoms with Gasteiger partial charge in [0.05, 0.1) is 20.0 Å². The zero-order valence-corrected chi connectivity index (χ0v) is 18.7. The molecule has 0 aliphatic heterocycles. The molecule has 4 nitrogen and oxygen atoms in total. The van der Waals surface area contributed by atoms with E-state index in [9.17, 15) is 4.79 Å². The van der Waals surface area contributed by atoms with E-state index < -0.39 is 5.54 Å². The number of nitrogens with one attached hydrogen (secondary N) is 1. The maximum Gasteiger partial charge on any atom is 0.331 e. The number of allylic oxidation sites excluding steroid dienone is 2. The van der Waals surface area contributed by atoms with Crippen molar-refractivity contribution >= 4 is 29.3 Å². The Hall–Kier alpha value is -2.72. The Bertz CT molecular complexity index is 1020. The van der Waals surface area contributed by atoms with Crippen molar-refractivity contribution in [3.05, 3.63) is 82.6 Å². The summed E-state index contributed by atoms with van der Waals surface area (Å²) in [5.41, 5.74) is 3.73. The minimum Gasteiger partial charge on any atom is -0.501 e. The van der Waals surface area contributed by atoms with Gasteiger partial charge in [0.15, 0.2) is 0 Å². The maximum atomic E-state index is 13.0. The van der Waals surface area contributed by atoms with Crippen LogP contribution in [0.4, 0.5) is 5.69 Å². The maximum absolute atomic E-state index is 13.0. The SMILES string of the molecule is CCO/C=C/C1=Cc2ccccc2C12CCC(Nc1cccc(Cl)c1)(C(=O)OC)CC2. The minimum absolute atomic E-state index is 0.127. The molecule has 1 fully saturated rings. The molecule has 2 aliphatic carbocycles. The quantitative estimate of drug-likeness (QED) is 0.436. The van der Waals surface area contributed by atoms with E-state index in [1.165, 1.54) is 23.8 Å². The van der Waals surface area contributed by atoms with Gasteiger partial charge in [0.25, 0.3) is 0 Å². The van der Waals surface area contributed by atoms with E-state index in [0.717, 1.165) is 18.5 Å². The molecular formula is C26H28ClNO3. The molecule has 0 saturated heterocycles. The van der Waals surface area contributed by atoms with Crippen molar-refractivity contribution in [3.63, 3.8) is 0 Å². The molecule has 2 aromatic rings. The van der Waals surface area contributed by atoms with Crippen molar-refractivity contribution in [2.24, 2.45) is 0 Å². The van der Waals surface area contributed by atoms with Gasteiger partial charge >= 0.3 is 5.97 Å². The van der Waals surface area contributed by atoms with Gasteiger partial charge in [-0.15, -0.1) is 0 Å². The minimum atomic E-state index is -0.781. The molecule has 0 aromatic heterocycles. The van der Waals surface area contributed by atoms with Crippen LogP contribution in [0.15, 0.2) is 66.4 Å². The molecule has 31 heavy (non-hydrogen) atoms. The van der Waals surface area contributed by atoms with Crippen molar-refractivity contribution in [3.8, 4) is 0 Å². The molecule has 0 radical (unpaired) electrons. The van der Waals surface area contributed by atoms with Crippen molar-refractivity contribution in [1.82, 2.24) is 0 Å². The smallest absolute Gasteiger partial charge is 0.331 e. The van der Waals surface area contributed by atoms with E-state index in [0.29, 0.717) is 24.5 Å². The van der Waals surface area contributed by atoms with Crippen molar-refractivity contribution in [2.45, 2.75) is 43.6 Å². The van der Waals surface area contributed by atoms with Crippen LogP contribution >= 0.6 is 11.6 Å². The first kappa shape index (κ1) is 21.5. The Morgan fingerprint density at radius 1 is 1.13 bits per heavy atom. The molecule has 0 unspecified atom stereocenters. The molecule has 0 bridgehead atoms. The Labute approximate surface area is 188 Å².